The fourth-order valence-electron chi connectivity index (χ4n) is 0.958. The van der Waals surface area contributed by atoms with Crippen LogP contribution in [0.1, 0.15) is 12.6 Å². The Labute approximate surface area is 87.9 Å². The van der Waals surface area contributed by atoms with Gasteiger partial charge in [-0.05, 0) is 6.92 Å². The van der Waals surface area contributed by atoms with E-state index in [4.69, 9.17) is 29.6 Å². The van der Waals surface area contributed by atoms with Crippen molar-refractivity contribution in [1.82, 2.24) is 9.78 Å². The van der Waals surface area contributed by atoms with Gasteiger partial charge < -0.3 is 5.73 Å². The number of rotatable bonds is 3. The summed E-state index contributed by atoms with van der Waals surface area (Å²) in [7, 11) is 0. The monoisotopic (exact) mass is 217 g/mol. The molecule has 1 aromatic rings. The lowest BCUT2D eigenvalue weighted by atomic mass is 10.2. The van der Waals surface area contributed by atoms with Crippen LogP contribution in [0.4, 0.5) is 0 Å². The molecule has 0 aliphatic heterocycles. The molecular formula is C8H12ClN3S. The van der Waals surface area contributed by atoms with E-state index in [2.05, 4.69) is 5.10 Å². The molecule has 0 spiro atoms. The highest BCUT2D eigenvalue weighted by Gasteiger charge is 2.08. The van der Waals surface area contributed by atoms with Crippen molar-refractivity contribution in [3.05, 3.63) is 16.9 Å². The zero-order chi connectivity index (χ0) is 10.0. The minimum atomic E-state index is 0.144. The van der Waals surface area contributed by atoms with Gasteiger partial charge in [-0.25, -0.2) is 0 Å². The average Bonchev–Trinajstić information content (AvgIpc) is 2.31. The lowest BCUT2D eigenvalue weighted by Crippen LogP contribution is -2.23. The molecule has 1 rings (SSSR count). The molecule has 1 atom stereocenters. The molecule has 0 saturated carbocycles. The molecule has 1 heterocycles. The van der Waals surface area contributed by atoms with E-state index in [0.29, 0.717) is 16.6 Å². The van der Waals surface area contributed by atoms with Gasteiger partial charge in [0.15, 0.2) is 0 Å². The molecule has 72 valence electrons. The Hall–Kier alpha value is -0.610. The Morgan fingerprint density at radius 1 is 1.85 bits per heavy atom. The zero-order valence-corrected chi connectivity index (χ0v) is 9.19. The maximum atomic E-state index is 5.84. The van der Waals surface area contributed by atoms with Crippen LogP contribution in [0.5, 0.6) is 0 Å². The summed E-state index contributed by atoms with van der Waals surface area (Å²) >= 11 is 10.7. The van der Waals surface area contributed by atoms with Crippen molar-refractivity contribution in [2.45, 2.75) is 20.4 Å². The van der Waals surface area contributed by atoms with Crippen LogP contribution >= 0.6 is 23.8 Å². The molecule has 0 aliphatic carbocycles. The number of nitrogens with zero attached hydrogens (tertiary/aromatic N) is 2. The van der Waals surface area contributed by atoms with Crippen molar-refractivity contribution < 1.29 is 0 Å². The third-order valence-electron chi connectivity index (χ3n) is 1.83. The molecule has 0 aromatic carbocycles. The van der Waals surface area contributed by atoms with E-state index in [1.807, 2.05) is 13.8 Å². The summed E-state index contributed by atoms with van der Waals surface area (Å²) in [6, 6.07) is 0. The lowest BCUT2D eigenvalue weighted by molar-refractivity contribution is 0.540. The molecule has 0 saturated heterocycles. The standard InChI is InChI=1S/C8H12ClN3S/c1-5(8(10)13)3-12-4-7(9)6(2)11-12/h4-5H,3H2,1-2H3,(H2,10,13). The largest absolute Gasteiger partial charge is 0.393 e. The zero-order valence-electron chi connectivity index (χ0n) is 7.62. The molecule has 1 unspecified atom stereocenters. The molecule has 0 bridgehead atoms. The Balaban J connectivity index is 2.69. The van der Waals surface area contributed by atoms with E-state index >= 15 is 0 Å². The van der Waals surface area contributed by atoms with Crippen molar-refractivity contribution in [3.63, 3.8) is 0 Å². The molecule has 3 nitrogen and oxygen atoms in total. The molecule has 0 aliphatic rings. The predicted octanol–water partition coefficient (Wildman–Crippen LogP) is 1.77. The Morgan fingerprint density at radius 3 is 2.85 bits per heavy atom. The molecule has 2 N–H and O–H groups in total. The van der Waals surface area contributed by atoms with Crippen LogP contribution in [0, 0.1) is 12.8 Å². The van der Waals surface area contributed by atoms with Crippen molar-refractivity contribution in [3.8, 4) is 0 Å². The third-order valence-corrected chi connectivity index (χ3v) is 2.61. The highest BCUT2D eigenvalue weighted by Crippen LogP contribution is 2.13. The normalized spacial score (nSPS) is 12.8. The van der Waals surface area contributed by atoms with E-state index in [1.54, 1.807) is 10.9 Å². The van der Waals surface area contributed by atoms with Crippen LogP contribution in [0.25, 0.3) is 0 Å². The molecule has 5 heteroatoms. The van der Waals surface area contributed by atoms with Gasteiger partial charge in [0.1, 0.15) is 0 Å². The minimum absolute atomic E-state index is 0.144. The second kappa shape index (κ2) is 4.07. The van der Waals surface area contributed by atoms with Crippen molar-refractivity contribution in [2.24, 2.45) is 11.7 Å². The Bertz CT molecular complexity index is 302. The molecule has 1 aromatic heterocycles. The topological polar surface area (TPSA) is 43.8 Å². The first-order chi connectivity index (χ1) is 6.00. The Kier molecular flexibility index (Phi) is 3.27. The second-order valence-electron chi connectivity index (χ2n) is 3.09. The van der Waals surface area contributed by atoms with Gasteiger partial charge in [-0.2, -0.15) is 5.10 Å². The predicted molar refractivity (Wildman–Crippen MR) is 57.9 cm³/mol. The summed E-state index contributed by atoms with van der Waals surface area (Å²) < 4.78 is 1.77. The molecule has 0 radical (unpaired) electrons. The lowest BCUT2D eigenvalue weighted by Gasteiger charge is -2.08. The van der Waals surface area contributed by atoms with E-state index in [0.717, 1.165) is 5.69 Å². The first-order valence-corrected chi connectivity index (χ1v) is 4.78. The van der Waals surface area contributed by atoms with Crippen LogP contribution in [0.3, 0.4) is 0 Å². The summed E-state index contributed by atoms with van der Waals surface area (Å²) in [5.74, 6) is 0.144. The number of thiocarbonyl (C=S) groups is 1. The summed E-state index contributed by atoms with van der Waals surface area (Å²) in [4.78, 5) is 0.504. The van der Waals surface area contributed by atoms with Gasteiger partial charge >= 0.3 is 0 Å². The number of hydrogen-bond acceptors (Lipinski definition) is 2. The van der Waals surface area contributed by atoms with Crippen LogP contribution < -0.4 is 5.73 Å². The number of halogens is 1. The smallest absolute Gasteiger partial charge is 0.0814 e. The number of nitrogens with two attached hydrogens (primary N) is 1. The van der Waals surface area contributed by atoms with E-state index in [-0.39, 0.29) is 5.92 Å². The van der Waals surface area contributed by atoms with Crippen LogP contribution in [-0.2, 0) is 6.54 Å². The summed E-state index contributed by atoms with van der Waals surface area (Å²) in [6.45, 7) is 4.51. The summed E-state index contributed by atoms with van der Waals surface area (Å²) in [6.07, 6.45) is 1.78. The van der Waals surface area contributed by atoms with Gasteiger partial charge in [0.25, 0.3) is 0 Å². The fourth-order valence-corrected chi connectivity index (χ4v) is 1.18. The molecular weight excluding hydrogens is 206 g/mol. The van der Waals surface area contributed by atoms with Crippen molar-refractivity contribution in [1.29, 1.82) is 0 Å². The van der Waals surface area contributed by atoms with E-state index < -0.39 is 0 Å². The first kappa shape index (κ1) is 10.5. The van der Waals surface area contributed by atoms with Gasteiger partial charge in [-0.3, -0.25) is 4.68 Å². The van der Waals surface area contributed by atoms with Crippen molar-refractivity contribution in [2.75, 3.05) is 0 Å². The molecule has 0 amide bonds. The van der Waals surface area contributed by atoms with Gasteiger partial charge in [0.2, 0.25) is 0 Å². The van der Waals surface area contributed by atoms with Gasteiger partial charge in [-0.1, -0.05) is 30.7 Å². The average molecular weight is 218 g/mol. The Morgan fingerprint density at radius 2 is 2.46 bits per heavy atom. The quantitative estimate of drug-likeness (QED) is 0.785. The molecule has 0 fully saturated rings. The number of hydrogen-bond donors (Lipinski definition) is 1. The van der Waals surface area contributed by atoms with Crippen molar-refractivity contribution >= 4 is 28.8 Å². The van der Waals surface area contributed by atoms with Gasteiger partial charge in [0.05, 0.1) is 15.7 Å². The van der Waals surface area contributed by atoms with Crippen LogP contribution in [0.2, 0.25) is 5.02 Å². The van der Waals surface area contributed by atoms with Crippen LogP contribution in [0.15, 0.2) is 6.20 Å². The third kappa shape index (κ3) is 2.67. The van der Waals surface area contributed by atoms with Gasteiger partial charge in [0, 0.05) is 18.7 Å². The fraction of sp³-hybridized carbons (Fsp3) is 0.500. The highest BCUT2D eigenvalue weighted by atomic mass is 35.5. The van der Waals surface area contributed by atoms with E-state index in [9.17, 15) is 0 Å². The maximum absolute atomic E-state index is 5.84. The van der Waals surface area contributed by atoms with Gasteiger partial charge in [-0.15, -0.1) is 0 Å². The number of aryl methyl sites for hydroxylation is 1. The summed E-state index contributed by atoms with van der Waals surface area (Å²) in [5, 5.41) is 4.88. The second-order valence-corrected chi connectivity index (χ2v) is 3.97. The maximum Gasteiger partial charge on any atom is 0.0814 e. The molecule has 13 heavy (non-hydrogen) atoms. The summed E-state index contributed by atoms with van der Waals surface area (Å²) in [5.41, 5.74) is 6.32. The highest BCUT2D eigenvalue weighted by molar-refractivity contribution is 7.80. The number of aromatic nitrogens is 2. The SMILES string of the molecule is Cc1nn(CC(C)C(N)=S)cc1Cl. The first-order valence-electron chi connectivity index (χ1n) is 3.99. The van der Waals surface area contributed by atoms with E-state index in [1.165, 1.54) is 0 Å². The minimum Gasteiger partial charge on any atom is -0.393 e. The van der Waals surface area contributed by atoms with Crippen LogP contribution in [-0.4, -0.2) is 14.8 Å².